The van der Waals surface area contributed by atoms with Gasteiger partial charge in [0.15, 0.2) is 0 Å². The molecule has 3 aromatic heterocycles. The fourth-order valence-corrected chi connectivity index (χ4v) is 3.65. The van der Waals surface area contributed by atoms with Gasteiger partial charge in [0, 0.05) is 49.6 Å². The lowest BCUT2D eigenvalue weighted by Crippen LogP contribution is -2.18. The molecule has 0 atom stereocenters. The minimum atomic E-state index is -0.164. The summed E-state index contributed by atoms with van der Waals surface area (Å²) in [4.78, 5) is 24.5. The molecule has 0 unspecified atom stereocenters. The first-order valence-corrected chi connectivity index (χ1v) is 8.50. The van der Waals surface area contributed by atoms with Crippen LogP contribution in [0.25, 0.3) is 21.8 Å². The van der Waals surface area contributed by atoms with Crippen LogP contribution in [0.2, 0.25) is 0 Å². The molecular weight excluding hydrogens is 338 g/mol. The summed E-state index contributed by atoms with van der Waals surface area (Å²) >= 11 is 1.43. The number of allylic oxidation sites excluding steroid dienone is 1. The molecule has 0 aliphatic rings. The Morgan fingerprint density at radius 1 is 1.40 bits per heavy atom. The highest BCUT2D eigenvalue weighted by Crippen LogP contribution is 2.33. The molecule has 8 heteroatoms. The Kier molecular flexibility index (Phi) is 4.54. The number of thiophene rings is 1. The van der Waals surface area contributed by atoms with E-state index in [0.717, 1.165) is 16.1 Å². The van der Waals surface area contributed by atoms with Gasteiger partial charge in [-0.05, 0) is 19.9 Å². The van der Waals surface area contributed by atoms with Gasteiger partial charge in [-0.25, -0.2) is 9.55 Å². The van der Waals surface area contributed by atoms with Gasteiger partial charge in [-0.1, -0.05) is 5.16 Å². The van der Waals surface area contributed by atoms with Crippen LogP contribution in [0.1, 0.15) is 16.1 Å². The zero-order valence-electron chi connectivity index (χ0n) is 14.8. The summed E-state index contributed by atoms with van der Waals surface area (Å²) in [6.07, 6.45) is 5.14. The van der Waals surface area contributed by atoms with E-state index in [1.165, 1.54) is 22.2 Å². The van der Waals surface area contributed by atoms with Crippen molar-refractivity contribution in [3.8, 4) is 5.88 Å². The third-order valence-electron chi connectivity index (χ3n) is 3.75. The maximum Gasteiger partial charge on any atom is 0.278 e. The predicted octanol–water partition coefficient (Wildman–Crippen LogP) is 2.66. The van der Waals surface area contributed by atoms with Crippen molar-refractivity contribution in [1.82, 2.24) is 19.6 Å². The quantitative estimate of drug-likeness (QED) is 0.671. The third kappa shape index (κ3) is 3.00. The third-order valence-corrected chi connectivity index (χ3v) is 4.83. The van der Waals surface area contributed by atoms with Crippen molar-refractivity contribution in [1.29, 1.82) is 0 Å². The minimum absolute atomic E-state index is 0.164. The summed E-state index contributed by atoms with van der Waals surface area (Å²) in [5.41, 5.74) is 3.13. The highest BCUT2D eigenvalue weighted by molar-refractivity contribution is 7.19. The molecule has 0 saturated heterocycles. The molecule has 0 amide bonds. The van der Waals surface area contributed by atoms with Gasteiger partial charge < -0.3 is 9.42 Å². The van der Waals surface area contributed by atoms with Crippen molar-refractivity contribution >= 4 is 33.5 Å². The second kappa shape index (κ2) is 6.64. The fourth-order valence-electron chi connectivity index (χ4n) is 2.60. The van der Waals surface area contributed by atoms with Crippen LogP contribution < -0.4 is 5.56 Å². The lowest BCUT2D eigenvalue weighted by Gasteiger charge is -2.17. The van der Waals surface area contributed by atoms with Crippen LogP contribution in [0.3, 0.4) is 0 Å². The lowest BCUT2D eigenvalue weighted by molar-refractivity contribution is 0.399. The maximum atomic E-state index is 12.9. The second-order valence-corrected chi connectivity index (χ2v) is 7.02. The Morgan fingerprint density at radius 3 is 2.76 bits per heavy atom. The Hall–Kier alpha value is -2.74. The number of rotatable bonds is 4. The molecule has 0 saturated carbocycles. The van der Waals surface area contributed by atoms with Gasteiger partial charge in [0.25, 0.3) is 5.56 Å². The van der Waals surface area contributed by atoms with Gasteiger partial charge in [0.05, 0.1) is 11.2 Å². The Morgan fingerprint density at radius 2 is 2.16 bits per heavy atom. The Bertz CT molecular complexity index is 1040. The molecule has 0 radical (unpaired) electrons. The standard InChI is InChI=1S/C17H19N5O2S/c1-10-8-13(24-20-10)22-9-19-15-14(11(2)25-16(15)17(22)23)12(21(4)5)6-7-18-3/h6-9H,1-5H3/b12-6+,18-7?. The molecule has 0 aliphatic carbocycles. The van der Waals surface area contributed by atoms with E-state index in [1.807, 2.05) is 32.0 Å². The maximum absolute atomic E-state index is 12.9. The highest BCUT2D eigenvalue weighted by Gasteiger charge is 2.20. The normalized spacial score (nSPS) is 12.4. The summed E-state index contributed by atoms with van der Waals surface area (Å²) in [7, 11) is 5.63. The number of aryl methyl sites for hydroxylation is 2. The summed E-state index contributed by atoms with van der Waals surface area (Å²) < 4.78 is 7.17. The van der Waals surface area contributed by atoms with Gasteiger partial charge in [0.2, 0.25) is 5.88 Å². The Labute approximate surface area is 148 Å². The average Bonchev–Trinajstić information content (AvgIpc) is 3.13. The van der Waals surface area contributed by atoms with E-state index < -0.39 is 0 Å². The van der Waals surface area contributed by atoms with Crippen LogP contribution in [0, 0.1) is 13.8 Å². The topological polar surface area (TPSA) is 76.5 Å². The molecule has 3 aromatic rings. The first kappa shape index (κ1) is 17.1. The molecule has 0 spiro atoms. The average molecular weight is 357 g/mol. The lowest BCUT2D eigenvalue weighted by atomic mass is 10.1. The summed E-state index contributed by atoms with van der Waals surface area (Å²) in [5, 5.41) is 3.83. The zero-order valence-corrected chi connectivity index (χ0v) is 15.6. The smallest absolute Gasteiger partial charge is 0.278 e. The summed E-state index contributed by atoms with van der Waals surface area (Å²) in [6, 6.07) is 1.71. The van der Waals surface area contributed by atoms with Crippen LogP contribution in [-0.2, 0) is 0 Å². The fraction of sp³-hybridized carbons (Fsp3) is 0.294. The summed E-state index contributed by atoms with van der Waals surface area (Å²) in [5.74, 6) is 0.367. The molecule has 0 aromatic carbocycles. The van der Waals surface area contributed by atoms with Crippen molar-refractivity contribution in [2.45, 2.75) is 13.8 Å². The molecule has 7 nitrogen and oxygen atoms in total. The van der Waals surface area contributed by atoms with E-state index in [4.69, 9.17) is 4.52 Å². The molecule has 0 bridgehead atoms. The predicted molar refractivity (Wildman–Crippen MR) is 101 cm³/mol. The largest absolute Gasteiger partial charge is 0.377 e. The van der Waals surface area contributed by atoms with Gasteiger partial charge in [-0.2, -0.15) is 0 Å². The van der Waals surface area contributed by atoms with Crippen molar-refractivity contribution in [2.24, 2.45) is 4.99 Å². The number of fused-ring (bicyclic) bond motifs is 1. The van der Waals surface area contributed by atoms with E-state index in [0.29, 0.717) is 21.8 Å². The number of hydrogen-bond donors (Lipinski definition) is 0. The minimum Gasteiger partial charge on any atom is -0.377 e. The van der Waals surface area contributed by atoms with Crippen molar-refractivity contribution in [2.75, 3.05) is 21.1 Å². The molecule has 0 fully saturated rings. The molecule has 3 heterocycles. The van der Waals surface area contributed by atoms with E-state index in [9.17, 15) is 4.79 Å². The molecule has 0 aliphatic heterocycles. The molecular formula is C17H19N5O2S. The van der Waals surface area contributed by atoms with Crippen LogP contribution in [-0.4, -0.2) is 47.0 Å². The second-order valence-electron chi connectivity index (χ2n) is 5.79. The van der Waals surface area contributed by atoms with Crippen molar-refractivity contribution in [3.05, 3.63) is 45.0 Å². The van der Waals surface area contributed by atoms with Crippen LogP contribution in [0.4, 0.5) is 0 Å². The van der Waals surface area contributed by atoms with Crippen molar-refractivity contribution in [3.63, 3.8) is 0 Å². The molecule has 130 valence electrons. The van der Waals surface area contributed by atoms with Crippen LogP contribution in [0.5, 0.6) is 0 Å². The number of aromatic nitrogens is 3. The zero-order chi connectivity index (χ0) is 18.1. The van der Waals surface area contributed by atoms with Crippen LogP contribution >= 0.6 is 11.3 Å². The van der Waals surface area contributed by atoms with Gasteiger partial charge in [-0.3, -0.25) is 9.79 Å². The molecule has 25 heavy (non-hydrogen) atoms. The van der Waals surface area contributed by atoms with Gasteiger partial charge >= 0.3 is 0 Å². The number of aliphatic imine (C=N–C) groups is 1. The number of nitrogens with zero attached hydrogens (tertiary/aromatic N) is 5. The van der Waals surface area contributed by atoms with Crippen molar-refractivity contribution < 1.29 is 4.52 Å². The van der Waals surface area contributed by atoms with E-state index in [-0.39, 0.29) is 5.56 Å². The Balaban J connectivity index is 2.25. The van der Waals surface area contributed by atoms with E-state index >= 15 is 0 Å². The SMILES string of the molecule is CN=C/C=C(\c1c(C)sc2c(=O)n(-c3cc(C)no3)cnc12)N(C)C. The monoisotopic (exact) mass is 357 g/mol. The first-order chi connectivity index (χ1) is 11.9. The molecule has 3 rings (SSSR count). The van der Waals surface area contributed by atoms with E-state index in [1.54, 1.807) is 26.3 Å². The van der Waals surface area contributed by atoms with Gasteiger partial charge in [0.1, 0.15) is 11.0 Å². The number of hydrogen-bond acceptors (Lipinski definition) is 7. The van der Waals surface area contributed by atoms with Gasteiger partial charge in [-0.15, -0.1) is 11.3 Å². The summed E-state index contributed by atoms with van der Waals surface area (Å²) in [6.45, 7) is 3.80. The first-order valence-electron chi connectivity index (χ1n) is 7.68. The van der Waals surface area contributed by atoms with Crippen LogP contribution in [0.15, 0.2) is 32.8 Å². The van der Waals surface area contributed by atoms with E-state index in [2.05, 4.69) is 15.1 Å². The molecule has 0 N–H and O–H groups in total. The highest BCUT2D eigenvalue weighted by atomic mass is 32.1.